The Kier molecular flexibility index (Phi) is 5.39. The highest BCUT2D eigenvalue weighted by Crippen LogP contribution is 2.39. The first-order valence-electron chi connectivity index (χ1n) is 9.44. The molecule has 0 unspecified atom stereocenters. The minimum absolute atomic E-state index is 0.447. The molecule has 7 heteroatoms. The summed E-state index contributed by atoms with van der Waals surface area (Å²) < 4.78 is 6.09. The molecule has 4 rings (SSSR count). The summed E-state index contributed by atoms with van der Waals surface area (Å²) in [7, 11) is 0. The predicted octanol–water partition coefficient (Wildman–Crippen LogP) is 5.55. The van der Waals surface area contributed by atoms with Gasteiger partial charge >= 0.3 is 0 Å². The number of hydrogen-bond donors (Lipinski definition) is 3. The molecule has 0 aliphatic rings. The van der Waals surface area contributed by atoms with E-state index in [1.165, 1.54) is 11.3 Å². The van der Waals surface area contributed by atoms with Crippen LogP contribution in [0.1, 0.15) is 19.4 Å². The van der Waals surface area contributed by atoms with Gasteiger partial charge in [-0.15, -0.1) is 0 Å². The van der Waals surface area contributed by atoms with Crippen molar-refractivity contribution in [2.75, 3.05) is 11.1 Å². The van der Waals surface area contributed by atoms with Gasteiger partial charge in [0.05, 0.1) is 5.60 Å². The fraction of sp³-hybridized carbons (Fsp3) is 0.130. The maximum atomic E-state index is 10.1. The van der Waals surface area contributed by atoms with Crippen molar-refractivity contribution < 1.29 is 9.84 Å². The number of pyridine rings is 1. The van der Waals surface area contributed by atoms with Gasteiger partial charge in [-0.3, -0.25) is 0 Å². The Labute approximate surface area is 179 Å². The highest BCUT2D eigenvalue weighted by molar-refractivity contribution is 7.17. The second-order valence-corrected chi connectivity index (χ2v) is 8.29. The van der Waals surface area contributed by atoms with Gasteiger partial charge in [0.25, 0.3) is 0 Å². The van der Waals surface area contributed by atoms with Gasteiger partial charge in [0, 0.05) is 23.5 Å². The van der Waals surface area contributed by atoms with Gasteiger partial charge in [-0.1, -0.05) is 53.8 Å². The average molecular weight is 419 g/mol. The van der Waals surface area contributed by atoms with Crippen molar-refractivity contribution >= 4 is 28.0 Å². The topological polar surface area (TPSA) is 93.3 Å². The zero-order valence-corrected chi connectivity index (χ0v) is 17.5. The van der Waals surface area contributed by atoms with E-state index in [0.717, 1.165) is 16.8 Å². The van der Waals surface area contributed by atoms with Crippen molar-refractivity contribution in [2.24, 2.45) is 0 Å². The van der Waals surface area contributed by atoms with Crippen LogP contribution < -0.4 is 15.8 Å². The molecule has 152 valence electrons. The lowest BCUT2D eigenvalue weighted by atomic mass is 9.98. The van der Waals surface area contributed by atoms with Gasteiger partial charge in [-0.2, -0.15) is 0 Å². The van der Waals surface area contributed by atoms with Crippen molar-refractivity contribution in [3.8, 4) is 22.1 Å². The average Bonchev–Trinajstić information content (AvgIpc) is 3.09. The Morgan fingerprint density at radius 1 is 1.03 bits per heavy atom. The first-order chi connectivity index (χ1) is 14.4. The minimum Gasteiger partial charge on any atom is -0.444 e. The van der Waals surface area contributed by atoms with Crippen LogP contribution in [-0.4, -0.2) is 15.1 Å². The zero-order valence-electron chi connectivity index (χ0n) is 16.7. The first-order valence-corrected chi connectivity index (χ1v) is 10.3. The maximum absolute atomic E-state index is 10.1. The summed E-state index contributed by atoms with van der Waals surface area (Å²) in [5.41, 5.74) is 8.41. The van der Waals surface area contributed by atoms with Crippen LogP contribution in [-0.2, 0) is 5.60 Å². The van der Waals surface area contributed by atoms with Gasteiger partial charge in [-0.25, -0.2) is 9.97 Å². The van der Waals surface area contributed by atoms with Crippen LogP contribution in [0.4, 0.5) is 16.6 Å². The number of thiazole rings is 1. The second kappa shape index (κ2) is 8.14. The highest BCUT2D eigenvalue weighted by atomic mass is 32.1. The third kappa shape index (κ3) is 4.59. The molecule has 4 N–H and O–H groups in total. The van der Waals surface area contributed by atoms with Crippen molar-refractivity contribution in [2.45, 2.75) is 19.4 Å². The molecule has 0 aliphatic heterocycles. The van der Waals surface area contributed by atoms with E-state index in [1.807, 2.05) is 60.7 Å². The van der Waals surface area contributed by atoms with Gasteiger partial charge in [0.15, 0.2) is 5.13 Å². The van der Waals surface area contributed by atoms with E-state index in [0.29, 0.717) is 27.5 Å². The summed E-state index contributed by atoms with van der Waals surface area (Å²) in [4.78, 5) is 8.77. The molecule has 0 aliphatic carbocycles. The molecular weight excluding hydrogens is 396 g/mol. The fourth-order valence-corrected chi connectivity index (χ4v) is 3.65. The number of nitrogens with one attached hydrogen (secondary N) is 1. The number of aromatic nitrogens is 2. The molecule has 0 atom stereocenters. The third-order valence-electron chi connectivity index (χ3n) is 4.47. The normalized spacial score (nSPS) is 11.3. The van der Waals surface area contributed by atoms with Crippen LogP contribution in [0.15, 0.2) is 72.9 Å². The number of aliphatic hydroxyl groups is 1. The van der Waals surface area contributed by atoms with Gasteiger partial charge in [0.2, 0.25) is 5.06 Å². The van der Waals surface area contributed by atoms with Gasteiger partial charge < -0.3 is 20.9 Å². The van der Waals surface area contributed by atoms with Crippen LogP contribution in [0.5, 0.6) is 10.8 Å². The lowest BCUT2D eigenvalue weighted by molar-refractivity contribution is 0.0786. The molecule has 0 fully saturated rings. The number of nitrogen functional groups attached to an aromatic ring is 1. The number of ether oxygens (including phenoxy) is 1. The molecular formula is C23H22N4O2S. The zero-order chi connectivity index (χ0) is 21.1. The van der Waals surface area contributed by atoms with Crippen molar-refractivity contribution in [3.63, 3.8) is 0 Å². The summed E-state index contributed by atoms with van der Waals surface area (Å²) in [6.45, 7) is 3.52. The Hall–Kier alpha value is -3.42. The van der Waals surface area contributed by atoms with Crippen LogP contribution >= 0.6 is 11.3 Å². The van der Waals surface area contributed by atoms with Crippen molar-refractivity contribution in [3.05, 3.63) is 78.5 Å². The van der Waals surface area contributed by atoms with E-state index in [9.17, 15) is 5.11 Å². The van der Waals surface area contributed by atoms with Crippen LogP contribution in [0.2, 0.25) is 0 Å². The molecule has 0 saturated carbocycles. The van der Waals surface area contributed by atoms with E-state index in [2.05, 4.69) is 15.3 Å². The fourth-order valence-electron chi connectivity index (χ4n) is 2.93. The Morgan fingerprint density at radius 2 is 1.77 bits per heavy atom. The van der Waals surface area contributed by atoms with E-state index in [4.69, 9.17) is 10.5 Å². The molecule has 0 amide bonds. The SMILES string of the molecule is CC(C)(O)c1ccc(Nc2cc(Oc3sc(N)nc3-c3ccccc3)ccn2)cc1. The van der Waals surface area contributed by atoms with E-state index >= 15 is 0 Å². The monoisotopic (exact) mass is 418 g/mol. The molecule has 2 aromatic carbocycles. The van der Waals surface area contributed by atoms with E-state index < -0.39 is 5.60 Å². The largest absolute Gasteiger partial charge is 0.444 e. The van der Waals surface area contributed by atoms with Gasteiger partial charge in [-0.05, 0) is 37.6 Å². The first kappa shape index (κ1) is 19.9. The maximum Gasteiger partial charge on any atom is 0.210 e. The number of benzene rings is 2. The second-order valence-electron chi connectivity index (χ2n) is 7.29. The number of nitrogens with zero attached hydrogens (tertiary/aromatic N) is 2. The van der Waals surface area contributed by atoms with Crippen molar-refractivity contribution in [1.29, 1.82) is 0 Å². The number of rotatable bonds is 6. The molecule has 2 aromatic heterocycles. The lowest BCUT2D eigenvalue weighted by Crippen LogP contribution is -2.15. The van der Waals surface area contributed by atoms with Crippen molar-refractivity contribution in [1.82, 2.24) is 9.97 Å². The Morgan fingerprint density at radius 3 is 2.47 bits per heavy atom. The minimum atomic E-state index is -0.877. The molecule has 0 spiro atoms. The molecule has 2 heterocycles. The standard InChI is InChI=1S/C23H22N4O2S/c1-23(2,28)16-8-10-17(11-9-16)26-19-14-18(12-13-25-19)29-21-20(27-22(24)30-21)15-6-4-3-5-7-15/h3-14,28H,1-2H3,(H2,24,27)(H,25,26). The van der Waals surface area contributed by atoms with Crippen LogP contribution in [0.25, 0.3) is 11.3 Å². The number of nitrogens with two attached hydrogens (primary N) is 1. The molecule has 6 nitrogen and oxygen atoms in total. The highest BCUT2D eigenvalue weighted by Gasteiger charge is 2.16. The summed E-state index contributed by atoms with van der Waals surface area (Å²) in [5.74, 6) is 1.27. The van der Waals surface area contributed by atoms with E-state index in [-0.39, 0.29) is 0 Å². The quantitative estimate of drug-likeness (QED) is 0.380. The van der Waals surface area contributed by atoms with Crippen LogP contribution in [0, 0.1) is 0 Å². The summed E-state index contributed by atoms with van der Waals surface area (Å²) in [5, 5.41) is 14.4. The summed E-state index contributed by atoms with van der Waals surface area (Å²) >= 11 is 1.30. The summed E-state index contributed by atoms with van der Waals surface area (Å²) in [6, 6.07) is 21.0. The van der Waals surface area contributed by atoms with Gasteiger partial charge in [0.1, 0.15) is 17.3 Å². The molecule has 0 bridgehead atoms. The Balaban J connectivity index is 1.54. The number of hydrogen-bond acceptors (Lipinski definition) is 7. The number of anilines is 3. The molecule has 4 aromatic rings. The summed E-state index contributed by atoms with van der Waals surface area (Å²) in [6.07, 6.45) is 1.68. The lowest BCUT2D eigenvalue weighted by Gasteiger charge is -2.18. The smallest absolute Gasteiger partial charge is 0.210 e. The molecule has 0 radical (unpaired) electrons. The van der Waals surface area contributed by atoms with E-state index in [1.54, 1.807) is 26.1 Å². The predicted molar refractivity (Wildman–Crippen MR) is 121 cm³/mol. The Bertz CT molecular complexity index is 1140. The molecule has 0 saturated heterocycles. The molecule has 30 heavy (non-hydrogen) atoms. The third-order valence-corrected chi connectivity index (χ3v) is 5.23. The van der Waals surface area contributed by atoms with Crippen LogP contribution in [0.3, 0.4) is 0 Å².